The Morgan fingerprint density at radius 3 is 2.48 bits per heavy atom. The number of hydrogen-bond donors (Lipinski definition) is 1. The van der Waals surface area contributed by atoms with Gasteiger partial charge in [0.15, 0.2) is 0 Å². The van der Waals surface area contributed by atoms with Crippen LogP contribution in [0, 0.1) is 13.8 Å². The molecule has 1 N–H and O–H groups in total. The molecule has 2 aromatic rings. The van der Waals surface area contributed by atoms with Crippen molar-refractivity contribution in [1.82, 2.24) is 19.4 Å². The first-order valence-electron chi connectivity index (χ1n) is 8.79. The maximum absolute atomic E-state index is 12.9. The molecule has 0 bridgehead atoms. The number of hydrogen-bond acceptors (Lipinski definition) is 2. The highest BCUT2D eigenvalue weighted by Gasteiger charge is 2.25. The Kier molecular flexibility index (Phi) is 4.97. The van der Waals surface area contributed by atoms with Crippen LogP contribution < -0.4 is 0 Å². The lowest BCUT2D eigenvalue weighted by Crippen LogP contribution is -2.38. The molecule has 3 rings (SSSR count). The largest absolute Gasteiger partial charge is 0.367 e. The first-order valence-corrected chi connectivity index (χ1v) is 8.79. The topological polar surface area (TPSA) is 61.3 Å². The Labute approximate surface area is 148 Å². The van der Waals surface area contributed by atoms with Crippen LogP contribution in [0.2, 0.25) is 0 Å². The van der Waals surface area contributed by atoms with E-state index in [1.165, 1.54) is 0 Å². The van der Waals surface area contributed by atoms with Gasteiger partial charge in [-0.25, -0.2) is 0 Å². The van der Waals surface area contributed by atoms with Crippen LogP contribution in [0.5, 0.6) is 0 Å². The van der Waals surface area contributed by atoms with E-state index in [4.69, 9.17) is 0 Å². The Balaban J connectivity index is 1.64. The van der Waals surface area contributed by atoms with Gasteiger partial charge in [-0.1, -0.05) is 0 Å². The maximum atomic E-state index is 12.9. The fourth-order valence-corrected chi connectivity index (χ4v) is 3.37. The highest BCUT2D eigenvalue weighted by molar-refractivity contribution is 5.95. The van der Waals surface area contributed by atoms with E-state index in [9.17, 15) is 9.59 Å². The molecule has 0 aromatic carbocycles. The summed E-state index contributed by atoms with van der Waals surface area (Å²) in [5.41, 5.74) is 3.84. The monoisotopic (exact) mass is 342 g/mol. The van der Waals surface area contributed by atoms with Crippen molar-refractivity contribution >= 4 is 11.8 Å². The normalized spacial score (nSPS) is 15.3. The summed E-state index contributed by atoms with van der Waals surface area (Å²) in [6, 6.07) is 3.88. The molecule has 2 aromatic heterocycles. The van der Waals surface area contributed by atoms with Crippen LogP contribution in [0.3, 0.4) is 0 Å². The molecule has 0 radical (unpaired) electrons. The number of aromatic amines is 1. The van der Waals surface area contributed by atoms with E-state index >= 15 is 0 Å². The quantitative estimate of drug-likeness (QED) is 0.926. The van der Waals surface area contributed by atoms with E-state index in [-0.39, 0.29) is 11.8 Å². The SMILES string of the molecule is Cc1cc(C(=O)N2CCCN(C(=O)Cc3cc[nH]c3)CC2)c(C)n1C. The molecule has 0 spiro atoms. The molecule has 25 heavy (non-hydrogen) atoms. The van der Waals surface area contributed by atoms with Gasteiger partial charge in [0.05, 0.1) is 12.0 Å². The molecule has 1 aliphatic heterocycles. The number of carbonyl (C=O) groups excluding carboxylic acids is 2. The molecule has 0 aliphatic carbocycles. The third-order valence-electron chi connectivity index (χ3n) is 5.16. The molecule has 0 unspecified atom stereocenters. The van der Waals surface area contributed by atoms with Crippen LogP contribution in [0.1, 0.15) is 33.7 Å². The van der Waals surface area contributed by atoms with Gasteiger partial charge < -0.3 is 19.4 Å². The lowest BCUT2D eigenvalue weighted by atomic mass is 10.2. The van der Waals surface area contributed by atoms with E-state index in [1.807, 2.05) is 59.8 Å². The van der Waals surface area contributed by atoms with Crippen molar-refractivity contribution in [2.45, 2.75) is 26.7 Å². The van der Waals surface area contributed by atoms with E-state index in [1.54, 1.807) is 0 Å². The second-order valence-corrected chi connectivity index (χ2v) is 6.77. The van der Waals surface area contributed by atoms with Crippen molar-refractivity contribution in [3.63, 3.8) is 0 Å². The smallest absolute Gasteiger partial charge is 0.255 e. The summed E-state index contributed by atoms with van der Waals surface area (Å²) in [5.74, 6) is 0.196. The first-order chi connectivity index (χ1) is 12.0. The van der Waals surface area contributed by atoms with E-state index < -0.39 is 0 Å². The van der Waals surface area contributed by atoms with Crippen LogP contribution in [-0.2, 0) is 18.3 Å². The Hall–Kier alpha value is -2.50. The summed E-state index contributed by atoms with van der Waals surface area (Å²) in [6.45, 7) is 6.57. The number of aromatic nitrogens is 2. The average Bonchev–Trinajstić information content (AvgIpc) is 3.09. The van der Waals surface area contributed by atoms with Crippen LogP contribution in [0.25, 0.3) is 0 Å². The van der Waals surface area contributed by atoms with Gasteiger partial charge in [-0.3, -0.25) is 9.59 Å². The molecule has 6 nitrogen and oxygen atoms in total. The number of rotatable bonds is 3. The van der Waals surface area contributed by atoms with Crippen LogP contribution in [0.4, 0.5) is 0 Å². The molecule has 1 saturated heterocycles. The van der Waals surface area contributed by atoms with Gasteiger partial charge in [-0.05, 0) is 38.0 Å². The van der Waals surface area contributed by atoms with Crippen LogP contribution in [-0.4, -0.2) is 57.3 Å². The number of aryl methyl sites for hydroxylation is 1. The van der Waals surface area contributed by atoms with Gasteiger partial charge in [-0.15, -0.1) is 0 Å². The fourth-order valence-electron chi connectivity index (χ4n) is 3.37. The molecule has 1 aliphatic rings. The fraction of sp³-hybridized carbons (Fsp3) is 0.474. The molecular formula is C19H26N4O2. The van der Waals surface area contributed by atoms with Crippen molar-refractivity contribution in [3.8, 4) is 0 Å². The maximum Gasteiger partial charge on any atom is 0.255 e. The molecule has 6 heteroatoms. The summed E-state index contributed by atoms with van der Waals surface area (Å²) in [7, 11) is 1.98. The predicted molar refractivity (Wildman–Crippen MR) is 96.5 cm³/mol. The number of nitrogens with one attached hydrogen (secondary N) is 1. The van der Waals surface area contributed by atoms with Crippen molar-refractivity contribution in [2.24, 2.45) is 7.05 Å². The molecule has 134 valence electrons. The zero-order valence-electron chi connectivity index (χ0n) is 15.2. The third-order valence-corrected chi connectivity index (χ3v) is 5.16. The minimum absolute atomic E-state index is 0.0705. The van der Waals surface area contributed by atoms with Crippen molar-refractivity contribution in [3.05, 3.63) is 47.0 Å². The summed E-state index contributed by atoms with van der Waals surface area (Å²) in [5, 5.41) is 0. The lowest BCUT2D eigenvalue weighted by Gasteiger charge is -2.22. The van der Waals surface area contributed by atoms with E-state index in [2.05, 4.69) is 4.98 Å². The van der Waals surface area contributed by atoms with Gasteiger partial charge >= 0.3 is 0 Å². The zero-order chi connectivity index (χ0) is 18.0. The summed E-state index contributed by atoms with van der Waals surface area (Å²) < 4.78 is 2.04. The minimum Gasteiger partial charge on any atom is -0.367 e. The Bertz CT molecular complexity index is 761. The van der Waals surface area contributed by atoms with Crippen molar-refractivity contribution in [1.29, 1.82) is 0 Å². The molecule has 3 heterocycles. The molecular weight excluding hydrogens is 316 g/mol. The summed E-state index contributed by atoms with van der Waals surface area (Å²) in [6.07, 6.45) is 4.91. The second kappa shape index (κ2) is 7.17. The van der Waals surface area contributed by atoms with E-state index in [0.717, 1.165) is 28.9 Å². The highest BCUT2D eigenvalue weighted by atomic mass is 16.2. The average molecular weight is 342 g/mol. The van der Waals surface area contributed by atoms with Gasteiger partial charge in [0.25, 0.3) is 5.91 Å². The summed E-state index contributed by atoms with van der Waals surface area (Å²) in [4.78, 5) is 32.1. The third kappa shape index (κ3) is 3.62. The predicted octanol–water partition coefficient (Wildman–Crippen LogP) is 1.89. The van der Waals surface area contributed by atoms with E-state index in [0.29, 0.717) is 32.6 Å². The zero-order valence-corrected chi connectivity index (χ0v) is 15.2. The standard InChI is InChI=1S/C19H26N4O2/c1-14-11-17(15(2)21(14)3)19(25)23-8-4-7-22(9-10-23)18(24)12-16-5-6-20-13-16/h5-6,11,13,20H,4,7-10,12H2,1-3H3. The van der Waals surface area contributed by atoms with Gasteiger partial charge in [-0.2, -0.15) is 0 Å². The van der Waals surface area contributed by atoms with Gasteiger partial charge in [0.2, 0.25) is 5.91 Å². The number of nitrogens with zero attached hydrogens (tertiary/aromatic N) is 3. The molecule has 2 amide bonds. The van der Waals surface area contributed by atoms with Gasteiger partial charge in [0, 0.05) is 57.0 Å². The van der Waals surface area contributed by atoms with Gasteiger partial charge in [0.1, 0.15) is 0 Å². The molecule has 1 fully saturated rings. The first kappa shape index (κ1) is 17.3. The Morgan fingerprint density at radius 1 is 1.12 bits per heavy atom. The van der Waals surface area contributed by atoms with Crippen LogP contribution in [0.15, 0.2) is 24.5 Å². The number of carbonyl (C=O) groups is 2. The molecule has 0 atom stereocenters. The van der Waals surface area contributed by atoms with Crippen molar-refractivity contribution < 1.29 is 9.59 Å². The minimum atomic E-state index is 0.0705. The lowest BCUT2D eigenvalue weighted by molar-refractivity contribution is -0.130. The second-order valence-electron chi connectivity index (χ2n) is 6.77. The summed E-state index contributed by atoms with van der Waals surface area (Å²) >= 11 is 0. The number of H-pyrrole nitrogens is 1. The number of amides is 2. The Morgan fingerprint density at radius 2 is 1.84 bits per heavy atom. The van der Waals surface area contributed by atoms with Crippen molar-refractivity contribution in [2.75, 3.05) is 26.2 Å². The highest BCUT2D eigenvalue weighted by Crippen LogP contribution is 2.17. The molecule has 0 saturated carbocycles. The van der Waals surface area contributed by atoms with Crippen LogP contribution >= 0.6 is 0 Å².